The minimum Gasteiger partial charge on any atom is -0.480 e. The summed E-state index contributed by atoms with van der Waals surface area (Å²) in [6, 6.07) is 3.87. The van der Waals surface area contributed by atoms with Gasteiger partial charge in [-0.15, -0.1) is 5.10 Å². The third-order valence-electron chi connectivity index (χ3n) is 3.69. The number of aromatic nitrogens is 3. The van der Waals surface area contributed by atoms with E-state index in [2.05, 4.69) is 26.1 Å². The standard InChI is InChI=1S/C15H19N5O2/c1-10-12(8-14(16)19-18-10)11-7-13(15(21-2)17-9-11)20-3-5-22-6-4-20/h7-9H,3-6H2,1-2H3,(H2,16,19). The van der Waals surface area contributed by atoms with Gasteiger partial charge in [0.1, 0.15) is 11.5 Å². The van der Waals surface area contributed by atoms with Gasteiger partial charge in [0.05, 0.1) is 26.0 Å². The smallest absolute Gasteiger partial charge is 0.237 e. The Labute approximate surface area is 129 Å². The van der Waals surface area contributed by atoms with E-state index in [9.17, 15) is 0 Å². The molecule has 1 fully saturated rings. The molecular formula is C15H19N5O2. The van der Waals surface area contributed by atoms with Crippen LogP contribution in [0, 0.1) is 6.92 Å². The van der Waals surface area contributed by atoms with Crippen molar-refractivity contribution in [3.63, 3.8) is 0 Å². The van der Waals surface area contributed by atoms with Crippen LogP contribution in [-0.2, 0) is 4.74 Å². The van der Waals surface area contributed by atoms with Gasteiger partial charge in [-0.05, 0) is 19.1 Å². The molecule has 1 aliphatic heterocycles. The maximum atomic E-state index is 5.76. The maximum Gasteiger partial charge on any atom is 0.237 e. The van der Waals surface area contributed by atoms with Crippen LogP contribution in [0.4, 0.5) is 11.5 Å². The Morgan fingerprint density at radius 3 is 2.73 bits per heavy atom. The average Bonchev–Trinajstić information content (AvgIpc) is 2.57. The Kier molecular flexibility index (Phi) is 4.06. The van der Waals surface area contributed by atoms with Crippen molar-refractivity contribution in [2.24, 2.45) is 0 Å². The fourth-order valence-electron chi connectivity index (χ4n) is 2.54. The molecular weight excluding hydrogens is 282 g/mol. The number of nitrogens with two attached hydrogens (primary N) is 1. The van der Waals surface area contributed by atoms with Crippen LogP contribution < -0.4 is 15.4 Å². The van der Waals surface area contributed by atoms with Crippen LogP contribution in [0.25, 0.3) is 11.1 Å². The summed E-state index contributed by atoms with van der Waals surface area (Å²) in [6.07, 6.45) is 1.77. The number of nitrogens with zero attached hydrogens (tertiary/aromatic N) is 4. The van der Waals surface area contributed by atoms with Gasteiger partial charge >= 0.3 is 0 Å². The average molecular weight is 301 g/mol. The second kappa shape index (κ2) is 6.15. The molecule has 7 nitrogen and oxygen atoms in total. The summed E-state index contributed by atoms with van der Waals surface area (Å²) in [4.78, 5) is 6.64. The van der Waals surface area contributed by atoms with E-state index >= 15 is 0 Å². The van der Waals surface area contributed by atoms with Gasteiger partial charge in [-0.1, -0.05) is 0 Å². The highest BCUT2D eigenvalue weighted by Gasteiger charge is 2.18. The minimum atomic E-state index is 0.393. The molecule has 0 spiro atoms. The molecule has 2 aromatic heterocycles. The van der Waals surface area contributed by atoms with Crippen molar-refractivity contribution in [3.05, 3.63) is 24.0 Å². The molecule has 116 valence electrons. The highest BCUT2D eigenvalue weighted by atomic mass is 16.5. The molecule has 2 aromatic rings. The van der Waals surface area contributed by atoms with E-state index in [4.69, 9.17) is 15.2 Å². The first-order valence-corrected chi connectivity index (χ1v) is 7.16. The van der Waals surface area contributed by atoms with E-state index in [0.29, 0.717) is 24.9 Å². The van der Waals surface area contributed by atoms with Gasteiger partial charge in [0.2, 0.25) is 5.88 Å². The topological polar surface area (TPSA) is 86.4 Å². The second-order valence-corrected chi connectivity index (χ2v) is 5.12. The summed E-state index contributed by atoms with van der Waals surface area (Å²) in [6.45, 7) is 4.95. The van der Waals surface area contributed by atoms with Gasteiger partial charge in [0.25, 0.3) is 0 Å². The summed E-state index contributed by atoms with van der Waals surface area (Å²) in [5, 5.41) is 7.94. The molecule has 3 heterocycles. The molecule has 0 atom stereocenters. The molecule has 3 rings (SSSR count). The lowest BCUT2D eigenvalue weighted by atomic mass is 10.1. The van der Waals surface area contributed by atoms with E-state index in [1.54, 1.807) is 13.3 Å². The summed E-state index contributed by atoms with van der Waals surface area (Å²) < 4.78 is 10.8. The van der Waals surface area contributed by atoms with Gasteiger partial charge in [0.15, 0.2) is 0 Å². The zero-order valence-corrected chi connectivity index (χ0v) is 12.7. The maximum absolute atomic E-state index is 5.76. The molecule has 7 heteroatoms. The Morgan fingerprint density at radius 1 is 1.23 bits per heavy atom. The molecule has 0 saturated carbocycles. The number of hydrogen-bond acceptors (Lipinski definition) is 7. The van der Waals surface area contributed by atoms with Crippen molar-refractivity contribution >= 4 is 11.5 Å². The van der Waals surface area contributed by atoms with Crippen LogP contribution in [-0.4, -0.2) is 48.6 Å². The zero-order valence-electron chi connectivity index (χ0n) is 12.7. The first-order valence-electron chi connectivity index (χ1n) is 7.16. The van der Waals surface area contributed by atoms with E-state index in [1.807, 2.05) is 13.0 Å². The third-order valence-corrected chi connectivity index (χ3v) is 3.69. The van der Waals surface area contributed by atoms with Crippen molar-refractivity contribution in [1.29, 1.82) is 0 Å². The molecule has 0 amide bonds. The summed E-state index contributed by atoms with van der Waals surface area (Å²) in [7, 11) is 1.63. The zero-order chi connectivity index (χ0) is 15.5. The first kappa shape index (κ1) is 14.5. The number of aryl methyl sites for hydroxylation is 1. The quantitative estimate of drug-likeness (QED) is 0.913. The fourth-order valence-corrected chi connectivity index (χ4v) is 2.54. The van der Waals surface area contributed by atoms with Crippen molar-refractivity contribution in [2.45, 2.75) is 6.92 Å². The van der Waals surface area contributed by atoms with Gasteiger partial charge in [0, 0.05) is 30.4 Å². The van der Waals surface area contributed by atoms with Crippen molar-refractivity contribution in [3.8, 4) is 17.0 Å². The van der Waals surface area contributed by atoms with Crippen LogP contribution >= 0.6 is 0 Å². The number of ether oxygens (including phenoxy) is 2. The lowest BCUT2D eigenvalue weighted by Crippen LogP contribution is -2.36. The highest BCUT2D eigenvalue weighted by molar-refractivity contribution is 5.73. The number of pyridine rings is 1. The predicted octanol–water partition coefficient (Wildman–Crippen LogP) is 1.27. The molecule has 1 saturated heterocycles. The second-order valence-electron chi connectivity index (χ2n) is 5.12. The molecule has 0 radical (unpaired) electrons. The highest BCUT2D eigenvalue weighted by Crippen LogP contribution is 2.32. The molecule has 0 aliphatic carbocycles. The number of morpholine rings is 1. The van der Waals surface area contributed by atoms with Gasteiger partial charge < -0.3 is 20.1 Å². The molecule has 0 unspecified atom stereocenters. The normalized spacial score (nSPS) is 14.9. The van der Waals surface area contributed by atoms with E-state index < -0.39 is 0 Å². The largest absolute Gasteiger partial charge is 0.480 e. The van der Waals surface area contributed by atoms with E-state index in [0.717, 1.165) is 35.6 Å². The molecule has 0 aromatic carbocycles. The van der Waals surface area contributed by atoms with Gasteiger partial charge in [-0.2, -0.15) is 5.10 Å². The van der Waals surface area contributed by atoms with Gasteiger partial charge in [-0.25, -0.2) is 4.98 Å². The number of methoxy groups -OCH3 is 1. The van der Waals surface area contributed by atoms with E-state index in [-0.39, 0.29) is 0 Å². The molecule has 22 heavy (non-hydrogen) atoms. The van der Waals surface area contributed by atoms with Crippen LogP contribution in [0.1, 0.15) is 5.69 Å². The molecule has 2 N–H and O–H groups in total. The summed E-state index contributed by atoms with van der Waals surface area (Å²) >= 11 is 0. The van der Waals surface area contributed by atoms with Gasteiger partial charge in [-0.3, -0.25) is 0 Å². The Bertz CT molecular complexity index is 671. The third kappa shape index (κ3) is 2.80. The SMILES string of the molecule is COc1ncc(-c2cc(N)nnc2C)cc1N1CCOCC1. The van der Waals surface area contributed by atoms with Crippen LogP contribution in [0.2, 0.25) is 0 Å². The Hall–Kier alpha value is -2.41. The Balaban J connectivity index is 2.04. The van der Waals surface area contributed by atoms with Crippen LogP contribution in [0.3, 0.4) is 0 Å². The van der Waals surface area contributed by atoms with E-state index in [1.165, 1.54) is 0 Å². The lowest BCUT2D eigenvalue weighted by Gasteiger charge is -2.29. The van der Waals surface area contributed by atoms with Crippen molar-refractivity contribution in [1.82, 2.24) is 15.2 Å². The van der Waals surface area contributed by atoms with Crippen molar-refractivity contribution < 1.29 is 9.47 Å². The summed E-state index contributed by atoms with van der Waals surface area (Å²) in [5.41, 5.74) is 9.40. The lowest BCUT2D eigenvalue weighted by molar-refractivity contribution is 0.122. The monoisotopic (exact) mass is 301 g/mol. The molecule has 1 aliphatic rings. The number of nitrogen functional groups attached to an aromatic ring is 1. The minimum absolute atomic E-state index is 0.393. The van der Waals surface area contributed by atoms with Crippen LogP contribution in [0.15, 0.2) is 18.3 Å². The fraction of sp³-hybridized carbons (Fsp3) is 0.400. The predicted molar refractivity (Wildman–Crippen MR) is 84.0 cm³/mol. The van der Waals surface area contributed by atoms with Crippen LogP contribution in [0.5, 0.6) is 5.88 Å². The Morgan fingerprint density at radius 2 is 2.00 bits per heavy atom. The first-order chi connectivity index (χ1) is 10.7. The number of anilines is 2. The number of hydrogen-bond donors (Lipinski definition) is 1. The number of rotatable bonds is 3. The van der Waals surface area contributed by atoms with Crippen molar-refractivity contribution in [2.75, 3.05) is 44.0 Å². The molecule has 0 bridgehead atoms. The summed E-state index contributed by atoms with van der Waals surface area (Å²) in [5.74, 6) is 1.00.